The molecule has 7 heteroatoms. The number of amides is 1. The smallest absolute Gasteiger partial charge is 0.230 e. The van der Waals surface area contributed by atoms with Gasteiger partial charge in [0.25, 0.3) is 0 Å². The van der Waals surface area contributed by atoms with Gasteiger partial charge in [-0.15, -0.1) is 5.10 Å². The molecule has 0 unspecified atom stereocenters. The third kappa shape index (κ3) is 3.89. The minimum Gasteiger partial charge on any atom is -0.353 e. The van der Waals surface area contributed by atoms with E-state index in [9.17, 15) is 4.79 Å². The predicted molar refractivity (Wildman–Crippen MR) is 90.6 cm³/mol. The summed E-state index contributed by atoms with van der Waals surface area (Å²) < 4.78 is 0.960. The van der Waals surface area contributed by atoms with Gasteiger partial charge in [0.15, 0.2) is 5.82 Å². The number of aromatic amines is 1. The number of hydrogen-bond donors (Lipinski definition) is 2. The summed E-state index contributed by atoms with van der Waals surface area (Å²) in [5.74, 6) is 1.11. The molecule has 0 saturated heterocycles. The number of thioether (sulfide) groups is 1. The van der Waals surface area contributed by atoms with Crippen LogP contribution in [0.2, 0.25) is 0 Å². The maximum absolute atomic E-state index is 11.9. The van der Waals surface area contributed by atoms with Crippen molar-refractivity contribution in [1.82, 2.24) is 20.5 Å². The van der Waals surface area contributed by atoms with Crippen LogP contribution in [0, 0.1) is 0 Å². The Bertz CT molecular complexity index is 654. The number of carbonyl (C=O) groups excluding carboxylic acids is 1. The van der Waals surface area contributed by atoms with Gasteiger partial charge in [-0.1, -0.05) is 58.7 Å². The largest absolute Gasteiger partial charge is 0.353 e. The molecule has 0 bridgehead atoms. The van der Waals surface area contributed by atoms with Gasteiger partial charge in [0, 0.05) is 16.1 Å². The summed E-state index contributed by atoms with van der Waals surface area (Å²) in [5, 5.41) is 10.7. The number of rotatable bonds is 5. The third-order valence-corrected chi connectivity index (χ3v) is 5.19. The van der Waals surface area contributed by atoms with Crippen LogP contribution in [0.25, 0.3) is 11.4 Å². The lowest BCUT2D eigenvalue weighted by atomic mass is 10.2. The maximum Gasteiger partial charge on any atom is 0.230 e. The number of nitrogens with zero attached hydrogens (tertiary/aromatic N) is 2. The summed E-state index contributed by atoms with van der Waals surface area (Å²) >= 11 is 4.85. The monoisotopic (exact) mass is 380 g/mol. The van der Waals surface area contributed by atoms with Crippen molar-refractivity contribution in [1.29, 1.82) is 0 Å². The zero-order chi connectivity index (χ0) is 15.4. The lowest BCUT2D eigenvalue weighted by molar-refractivity contribution is -0.119. The fourth-order valence-corrected chi connectivity index (χ4v) is 3.64. The van der Waals surface area contributed by atoms with Gasteiger partial charge < -0.3 is 5.32 Å². The summed E-state index contributed by atoms with van der Waals surface area (Å²) in [6, 6.07) is 8.18. The van der Waals surface area contributed by atoms with Crippen molar-refractivity contribution in [3.8, 4) is 11.4 Å². The highest BCUT2D eigenvalue weighted by Gasteiger charge is 2.17. The van der Waals surface area contributed by atoms with Crippen LogP contribution in [0.5, 0.6) is 0 Å². The van der Waals surface area contributed by atoms with E-state index in [1.165, 1.54) is 24.6 Å². The van der Waals surface area contributed by atoms with E-state index in [4.69, 9.17) is 0 Å². The molecule has 1 fully saturated rings. The standard InChI is InChI=1S/C15H17BrN4OS/c16-12-8-4-3-7-11(12)14-18-15(20-19-14)22-9-13(21)17-10-5-1-2-6-10/h3-4,7-8,10H,1-2,5-6,9H2,(H,17,21)(H,18,19,20). The van der Waals surface area contributed by atoms with E-state index in [2.05, 4.69) is 36.4 Å². The van der Waals surface area contributed by atoms with Gasteiger partial charge in [0.1, 0.15) is 0 Å². The van der Waals surface area contributed by atoms with Gasteiger partial charge in [-0.25, -0.2) is 4.98 Å². The molecule has 1 heterocycles. The summed E-state index contributed by atoms with van der Waals surface area (Å²) in [6.45, 7) is 0. The van der Waals surface area contributed by atoms with Gasteiger partial charge in [0.05, 0.1) is 5.75 Å². The SMILES string of the molecule is O=C(CSc1n[nH]c(-c2ccccc2Br)n1)NC1CCCC1. The maximum atomic E-state index is 11.9. The Balaban J connectivity index is 1.55. The number of halogens is 1. The molecule has 3 rings (SSSR count). The normalized spacial score (nSPS) is 15.1. The summed E-state index contributed by atoms with van der Waals surface area (Å²) in [7, 11) is 0. The minimum atomic E-state index is 0.0594. The quantitative estimate of drug-likeness (QED) is 0.779. The van der Waals surface area contributed by atoms with E-state index < -0.39 is 0 Å². The molecule has 0 aliphatic heterocycles. The molecular weight excluding hydrogens is 364 g/mol. The van der Waals surface area contributed by atoms with E-state index in [1.54, 1.807) is 0 Å². The second-order valence-electron chi connectivity index (χ2n) is 5.28. The lowest BCUT2D eigenvalue weighted by Gasteiger charge is -2.10. The second-order valence-corrected chi connectivity index (χ2v) is 7.08. The molecule has 5 nitrogen and oxygen atoms in total. The zero-order valence-corrected chi connectivity index (χ0v) is 14.4. The topological polar surface area (TPSA) is 70.7 Å². The predicted octanol–water partition coefficient (Wildman–Crippen LogP) is 3.39. The van der Waals surface area contributed by atoms with Crippen LogP contribution in [0.1, 0.15) is 25.7 Å². The van der Waals surface area contributed by atoms with Crippen LogP contribution in [0.15, 0.2) is 33.9 Å². The first kappa shape index (κ1) is 15.6. The van der Waals surface area contributed by atoms with E-state index >= 15 is 0 Å². The number of carbonyl (C=O) groups is 1. The highest BCUT2D eigenvalue weighted by molar-refractivity contribution is 9.10. The van der Waals surface area contributed by atoms with Crippen LogP contribution in [0.4, 0.5) is 0 Å². The van der Waals surface area contributed by atoms with Gasteiger partial charge in [-0.2, -0.15) is 0 Å². The summed E-state index contributed by atoms with van der Waals surface area (Å²) in [4.78, 5) is 16.3. The molecule has 2 N–H and O–H groups in total. The zero-order valence-electron chi connectivity index (χ0n) is 12.0. The van der Waals surface area contributed by atoms with Gasteiger partial charge >= 0.3 is 0 Å². The number of H-pyrrole nitrogens is 1. The number of hydrogen-bond acceptors (Lipinski definition) is 4. The lowest BCUT2D eigenvalue weighted by Crippen LogP contribution is -2.33. The molecule has 1 aromatic heterocycles. The Kier molecular flexibility index (Phi) is 5.15. The Morgan fingerprint density at radius 3 is 2.91 bits per heavy atom. The average Bonchev–Trinajstić information content (AvgIpc) is 3.17. The molecule has 0 radical (unpaired) electrons. The van der Waals surface area contributed by atoms with E-state index in [0.29, 0.717) is 22.8 Å². The van der Waals surface area contributed by atoms with Crippen molar-refractivity contribution in [3.05, 3.63) is 28.7 Å². The molecule has 0 atom stereocenters. The Hall–Kier alpha value is -1.34. The highest BCUT2D eigenvalue weighted by atomic mass is 79.9. The summed E-state index contributed by atoms with van der Waals surface area (Å²) in [6.07, 6.45) is 4.63. The number of nitrogens with one attached hydrogen (secondary N) is 2. The first-order valence-corrected chi connectivity index (χ1v) is 9.10. The van der Waals surface area contributed by atoms with E-state index in [-0.39, 0.29) is 5.91 Å². The van der Waals surface area contributed by atoms with Crippen molar-refractivity contribution in [2.45, 2.75) is 36.9 Å². The molecule has 1 amide bonds. The molecule has 1 aliphatic rings. The van der Waals surface area contributed by atoms with Crippen LogP contribution in [-0.2, 0) is 4.79 Å². The minimum absolute atomic E-state index is 0.0594. The van der Waals surface area contributed by atoms with Crippen molar-refractivity contribution in [2.24, 2.45) is 0 Å². The van der Waals surface area contributed by atoms with Crippen molar-refractivity contribution in [3.63, 3.8) is 0 Å². The fourth-order valence-electron chi connectivity index (χ4n) is 2.55. The van der Waals surface area contributed by atoms with E-state index in [0.717, 1.165) is 22.9 Å². The van der Waals surface area contributed by atoms with Crippen LogP contribution in [0.3, 0.4) is 0 Å². The van der Waals surface area contributed by atoms with Gasteiger partial charge in [-0.05, 0) is 18.9 Å². The van der Waals surface area contributed by atoms with Crippen LogP contribution in [-0.4, -0.2) is 32.9 Å². The first-order valence-electron chi connectivity index (χ1n) is 7.32. The Labute approximate surface area is 141 Å². The molecule has 2 aromatic rings. The van der Waals surface area contributed by atoms with Crippen LogP contribution < -0.4 is 5.32 Å². The Morgan fingerprint density at radius 1 is 1.36 bits per heavy atom. The average molecular weight is 381 g/mol. The van der Waals surface area contributed by atoms with Gasteiger partial charge in [-0.3, -0.25) is 9.89 Å². The molecule has 1 aromatic carbocycles. The highest BCUT2D eigenvalue weighted by Crippen LogP contribution is 2.26. The fraction of sp³-hybridized carbons (Fsp3) is 0.400. The molecule has 0 spiro atoms. The first-order chi connectivity index (χ1) is 10.7. The number of aromatic nitrogens is 3. The van der Waals surface area contributed by atoms with Crippen molar-refractivity contribution in [2.75, 3.05) is 5.75 Å². The second kappa shape index (κ2) is 7.28. The molecule has 116 valence electrons. The third-order valence-electron chi connectivity index (χ3n) is 3.65. The van der Waals surface area contributed by atoms with Gasteiger partial charge in [0.2, 0.25) is 11.1 Å². The van der Waals surface area contributed by atoms with E-state index in [1.807, 2.05) is 24.3 Å². The summed E-state index contributed by atoms with van der Waals surface area (Å²) in [5.41, 5.74) is 0.956. The molecular formula is C15H17BrN4OS. The van der Waals surface area contributed by atoms with Crippen molar-refractivity contribution < 1.29 is 4.79 Å². The Morgan fingerprint density at radius 2 is 2.14 bits per heavy atom. The molecule has 22 heavy (non-hydrogen) atoms. The number of benzene rings is 1. The van der Waals surface area contributed by atoms with Crippen molar-refractivity contribution >= 4 is 33.6 Å². The molecule has 1 saturated carbocycles. The van der Waals surface area contributed by atoms with Crippen LogP contribution >= 0.6 is 27.7 Å². The molecule has 1 aliphatic carbocycles.